The Morgan fingerprint density at radius 1 is 1.56 bits per heavy atom. The molecule has 0 spiro atoms. The lowest BCUT2D eigenvalue weighted by Crippen LogP contribution is -2.46. The molecule has 0 rings (SSSR count). The van der Waals surface area contributed by atoms with Crippen LogP contribution in [0, 0.1) is 0 Å². The highest BCUT2D eigenvalue weighted by Crippen LogP contribution is 2.26. The molecule has 0 aromatic carbocycles. The van der Waals surface area contributed by atoms with E-state index in [0.29, 0.717) is 0 Å². The van der Waals surface area contributed by atoms with Crippen LogP contribution in [0.1, 0.15) is 6.92 Å². The molecular weight excluding hydrogens is 276 g/mol. The molecule has 0 saturated heterocycles. The van der Waals surface area contributed by atoms with E-state index in [2.05, 4.69) is 11.9 Å². The molecule has 0 aromatic rings. The standard InChI is InChI=1S/C9H14Cl3NO3/c1-4-7(6(2)16-5-15-3)13-8(14)9(10,11)12/h4,6-7H,1,5H2,2-3H3,(H,13,14)/t6-,7+/m0/s1. The van der Waals surface area contributed by atoms with Crippen LogP contribution in [0.25, 0.3) is 0 Å². The fourth-order valence-electron chi connectivity index (χ4n) is 0.880. The highest BCUT2D eigenvalue weighted by Gasteiger charge is 2.32. The average Bonchev–Trinajstić information content (AvgIpc) is 2.20. The second-order valence-electron chi connectivity index (χ2n) is 3.01. The quantitative estimate of drug-likeness (QED) is 0.463. The van der Waals surface area contributed by atoms with E-state index >= 15 is 0 Å². The Morgan fingerprint density at radius 3 is 2.50 bits per heavy atom. The van der Waals surface area contributed by atoms with E-state index in [9.17, 15) is 4.79 Å². The van der Waals surface area contributed by atoms with Crippen LogP contribution >= 0.6 is 34.8 Å². The summed E-state index contributed by atoms with van der Waals surface area (Å²) in [6, 6.07) is -0.460. The van der Waals surface area contributed by atoms with Crippen LogP contribution in [-0.4, -0.2) is 35.7 Å². The fourth-order valence-corrected chi connectivity index (χ4v) is 1.04. The molecule has 0 heterocycles. The Balaban J connectivity index is 4.29. The van der Waals surface area contributed by atoms with Gasteiger partial charge < -0.3 is 14.8 Å². The number of amides is 1. The number of nitrogens with one attached hydrogen (secondary N) is 1. The molecule has 0 fully saturated rings. The first-order chi connectivity index (χ1) is 7.32. The lowest BCUT2D eigenvalue weighted by Gasteiger charge is -2.23. The summed E-state index contributed by atoms with van der Waals surface area (Å²) in [6.45, 7) is 5.41. The molecule has 0 saturated carbocycles. The summed E-state index contributed by atoms with van der Waals surface area (Å²) in [5, 5.41) is 2.48. The first-order valence-electron chi connectivity index (χ1n) is 4.43. The molecule has 0 aromatic heterocycles. The van der Waals surface area contributed by atoms with Crippen molar-refractivity contribution in [1.82, 2.24) is 5.32 Å². The van der Waals surface area contributed by atoms with Crippen LogP contribution in [0.2, 0.25) is 0 Å². The lowest BCUT2D eigenvalue weighted by molar-refractivity contribution is -0.123. The van der Waals surface area contributed by atoms with Gasteiger partial charge in [0.2, 0.25) is 0 Å². The third kappa shape index (κ3) is 5.92. The van der Waals surface area contributed by atoms with Gasteiger partial charge in [-0.1, -0.05) is 40.9 Å². The number of carbonyl (C=O) groups excluding carboxylic acids is 1. The van der Waals surface area contributed by atoms with Gasteiger partial charge in [0.05, 0.1) is 12.1 Å². The predicted molar refractivity (Wildman–Crippen MR) is 64.8 cm³/mol. The summed E-state index contributed by atoms with van der Waals surface area (Å²) in [5.41, 5.74) is 0. The lowest BCUT2D eigenvalue weighted by atomic mass is 10.2. The second-order valence-corrected chi connectivity index (χ2v) is 5.29. The minimum atomic E-state index is -2.00. The summed E-state index contributed by atoms with van der Waals surface area (Å²) >= 11 is 16.2. The monoisotopic (exact) mass is 289 g/mol. The summed E-state index contributed by atoms with van der Waals surface area (Å²) in [5.74, 6) is -0.727. The zero-order chi connectivity index (χ0) is 12.8. The van der Waals surface area contributed by atoms with E-state index in [0.717, 1.165) is 0 Å². The van der Waals surface area contributed by atoms with Crippen molar-refractivity contribution in [2.24, 2.45) is 0 Å². The first kappa shape index (κ1) is 16.0. The molecule has 1 N–H and O–H groups in total. The van der Waals surface area contributed by atoms with Gasteiger partial charge in [0.15, 0.2) is 0 Å². The van der Waals surface area contributed by atoms with Gasteiger partial charge in [0.25, 0.3) is 9.70 Å². The normalized spacial score (nSPS) is 15.3. The molecule has 2 atom stereocenters. The molecule has 0 radical (unpaired) electrons. The van der Waals surface area contributed by atoms with Gasteiger partial charge in [-0.05, 0) is 6.92 Å². The SMILES string of the molecule is C=C[C@@H](NC(=O)C(Cl)(Cl)Cl)[C@H](C)OCOC. The molecule has 0 bridgehead atoms. The highest BCUT2D eigenvalue weighted by atomic mass is 35.6. The van der Waals surface area contributed by atoms with Gasteiger partial charge in [-0.2, -0.15) is 0 Å². The van der Waals surface area contributed by atoms with Gasteiger partial charge in [0.1, 0.15) is 6.79 Å². The minimum Gasteiger partial charge on any atom is -0.359 e. The summed E-state index contributed by atoms with van der Waals surface area (Å²) < 4.78 is 7.95. The van der Waals surface area contributed by atoms with Crippen molar-refractivity contribution >= 4 is 40.7 Å². The van der Waals surface area contributed by atoms with Crippen LogP contribution in [0.15, 0.2) is 12.7 Å². The molecule has 0 unspecified atom stereocenters. The van der Waals surface area contributed by atoms with Crippen LogP contribution in [-0.2, 0) is 14.3 Å². The van der Waals surface area contributed by atoms with Gasteiger partial charge in [0, 0.05) is 7.11 Å². The van der Waals surface area contributed by atoms with Crippen molar-refractivity contribution < 1.29 is 14.3 Å². The maximum atomic E-state index is 11.4. The maximum absolute atomic E-state index is 11.4. The topological polar surface area (TPSA) is 47.6 Å². The number of carbonyl (C=O) groups is 1. The summed E-state index contributed by atoms with van der Waals surface area (Å²) in [7, 11) is 1.50. The zero-order valence-electron chi connectivity index (χ0n) is 9.00. The Bertz CT molecular complexity index is 243. The van der Waals surface area contributed by atoms with E-state index < -0.39 is 15.7 Å². The number of rotatable bonds is 6. The molecule has 94 valence electrons. The molecule has 7 heteroatoms. The smallest absolute Gasteiger partial charge is 0.272 e. The third-order valence-electron chi connectivity index (χ3n) is 1.76. The van der Waals surface area contributed by atoms with Crippen molar-refractivity contribution in [1.29, 1.82) is 0 Å². The van der Waals surface area contributed by atoms with Crippen molar-refractivity contribution in [3.8, 4) is 0 Å². The minimum absolute atomic E-state index is 0.106. The fraction of sp³-hybridized carbons (Fsp3) is 0.667. The molecule has 0 aliphatic rings. The van der Waals surface area contributed by atoms with Crippen molar-refractivity contribution in [3.63, 3.8) is 0 Å². The van der Waals surface area contributed by atoms with Crippen molar-refractivity contribution in [2.45, 2.75) is 22.9 Å². The third-order valence-corrected chi connectivity index (χ3v) is 2.28. The average molecular weight is 291 g/mol. The van der Waals surface area contributed by atoms with E-state index in [1.54, 1.807) is 6.92 Å². The van der Waals surface area contributed by atoms with Gasteiger partial charge in [-0.25, -0.2) is 0 Å². The molecule has 0 aliphatic heterocycles. The number of alkyl halides is 3. The van der Waals surface area contributed by atoms with E-state index in [1.165, 1.54) is 13.2 Å². The Kier molecular flexibility index (Phi) is 7.35. The predicted octanol–water partition coefficient (Wildman–Crippen LogP) is 2.04. The Labute approximate surface area is 110 Å². The van der Waals surface area contributed by atoms with Crippen LogP contribution in [0.5, 0.6) is 0 Å². The van der Waals surface area contributed by atoms with Gasteiger partial charge >= 0.3 is 0 Å². The molecule has 1 amide bonds. The molecule has 16 heavy (non-hydrogen) atoms. The first-order valence-corrected chi connectivity index (χ1v) is 5.57. The van der Waals surface area contributed by atoms with E-state index in [4.69, 9.17) is 44.3 Å². The maximum Gasteiger partial charge on any atom is 0.272 e. The van der Waals surface area contributed by atoms with E-state index in [1.807, 2.05) is 0 Å². The molecular formula is C9H14Cl3NO3. The number of methoxy groups -OCH3 is 1. The highest BCUT2D eigenvalue weighted by molar-refractivity contribution is 6.76. The van der Waals surface area contributed by atoms with Crippen molar-refractivity contribution in [2.75, 3.05) is 13.9 Å². The number of ether oxygens (including phenoxy) is 2. The van der Waals surface area contributed by atoms with E-state index in [-0.39, 0.29) is 12.9 Å². The Morgan fingerprint density at radius 2 is 2.12 bits per heavy atom. The summed E-state index contributed by atoms with van der Waals surface area (Å²) in [6.07, 6.45) is 1.16. The molecule has 0 aliphatic carbocycles. The largest absolute Gasteiger partial charge is 0.359 e. The van der Waals surface area contributed by atoms with Crippen LogP contribution in [0.3, 0.4) is 0 Å². The van der Waals surface area contributed by atoms with Gasteiger partial charge in [-0.3, -0.25) is 4.79 Å². The Hall–Kier alpha value is -0.0000000000000000416. The van der Waals surface area contributed by atoms with Gasteiger partial charge in [-0.15, -0.1) is 6.58 Å². The number of halogens is 3. The zero-order valence-corrected chi connectivity index (χ0v) is 11.3. The van der Waals surface area contributed by atoms with Crippen LogP contribution < -0.4 is 5.32 Å². The number of hydrogen-bond acceptors (Lipinski definition) is 3. The second kappa shape index (κ2) is 7.35. The number of hydrogen-bond donors (Lipinski definition) is 1. The summed E-state index contributed by atoms with van der Waals surface area (Å²) in [4.78, 5) is 11.4. The van der Waals surface area contributed by atoms with Crippen molar-refractivity contribution in [3.05, 3.63) is 12.7 Å². The van der Waals surface area contributed by atoms with Crippen LogP contribution in [0.4, 0.5) is 0 Å². The molecule has 4 nitrogen and oxygen atoms in total.